The van der Waals surface area contributed by atoms with Crippen LogP contribution in [0.5, 0.6) is 11.5 Å². The maximum Gasteiger partial charge on any atom is 0.338 e. The summed E-state index contributed by atoms with van der Waals surface area (Å²) in [4.78, 5) is 27.0. The van der Waals surface area contributed by atoms with Crippen LogP contribution in [0.3, 0.4) is 0 Å². The lowest BCUT2D eigenvalue weighted by atomic mass is 10.1. The number of carbonyl (C=O) groups excluding carboxylic acids is 2. The monoisotopic (exact) mass is 403 g/mol. The highest BCUT2D eigenvalue weighted by Crippen LogP contribution is 2.32. The van der Waals surface area contributed by atoms with Gasteiger partial charge in [0.2, 0.25) is 6.79 Å². The highest BCUT2D eigenvalue weighted by Gasteiger charge is 2.20. The second kappa shape index (κ2) is 9.13. The maximum atomic E-state index is 12.9. The number of fused-ring (bicyclic) bond motifs is 1. The molecule has 0 saturated heterocycles. The third-order valence-electron chi connectivity index (χ3n) is 4.72. The van der Waals surface area contributed by atoms with Crippen LogP contribution in [0, 0.1) is 0 Å². The van der Waals surface area contributed by atoms with Crippen molar-refractivity contribution in [1.29, 1.82) is 0 Å². The molecule has 0 bridgehead atoms. The molecular weight excluding hydrogens is 382 g/mol. The zero-order chi connectivity index (χ0) is 20.8. The number of esters is 1. The molecule has 3 aromatic carbocycles. The Morgan fingerprint density at radius 2 is 1.40 bits per heavy atom. The van der Waals surface area contributed by atoms with Crippen LogP contribution in [0.2, 0.25) is 0 Å². The van der Waals surface area contributed by atoms with Gasteiger partial charge in [-0.05, 0) is 29.3 Å². The number of carbonyl (C=O) groups is 2. The zero-order valence-electron chi connectivity index (χ0n) is 16.3. The molecule has 1 amide bonds. The average molecular weight is 403 g/mol. The van der Waals surface area contributed by atoms with Crippen molar-refractivity contribution in [2.75, 3.05) is 13.4 Å². The summed E-state index contributed by atoms with van der Waals surface area (Å²) < 4.78 is 15.8. The van der Waals surface area contributed by atoms with Gasteiger partial charge in [0, 0.05) is 13.1 Å². The number of benzene rings is 3. The molecule has 6 heteroatoms. The van der Waals surface area contributed by atoms with Gasteiger partial charge in [0.15, 0.2) is 18.1 Å². The van der Waals surface area contributed by atoms with Gasteiger partial charge >= 0.3 is 5.97 Å². The second-order valence-corrected chi connectivity index (χ2v) is 6.87. The third-order valence-corrected chi connectivity index (χ3v) is 4.72. The predicted molar refractivity (Wildman–Crippen MR) is 110 cm³/mol. The van der Waals surface area contributed by atoms with E-state index in [1.807, 2.05) is 60.7 Å². The van der Waals surface area contributed by atoms with E-state index in [-0.39, 0.29) is 19.3 Å². The van der Waals surface area contributed by atoms with Crippen LogP contribution in [0.15, 0.2) is 78.9 Å². The first kappa shape index (κ1) is 19.5. The van der Waals surface area contributed by atoms with E-state index in [2.05, 4.69) is 0 Å². The Kier molecular flexibility index (Phi) is 5.94. The average Bonchev–Trinajstić information content (AvgIpc) is 3.26. The Balaban J connectivity index is 1.42. The smallest absolute Gasteiger partial charge is 0.338 e. The fraction of sp³-hybridized carbons (Fsp3) is 0.167. The number of amides is 1. The van der Waals surface area contributed by atoms with E-state index in [0.717, 1.165) is 11.1 Å². The highest BCUT2D eigenvalue weighted by atomic mass is 16.7. The van der Waals surface area contributed by atoms with Crippen molar-refractivity contribution in [3.05, 3.63) is 95.6 Å². The number of hydrogen-bond acceptors (Lipinski definition) is 5. The Morgan fingerprint density at radius 3 is 2.03 bits per heavy atom. The van der Waals surface area contributed by atoms with Crippen molar-refractivity contribution in [2.24, 2.45) is 0 Å². The number of ether oxygens (including phenoxy) is 3. The fourth-order valence-electron chi connectivity index (χ4n) is 3.17. The number of rotatable bonds is 7. The van der Waals surface area contributed by atoms with Gasteiger partial charge in [0.05, 0.1) is 5.56 Å². The van der Waals surface area contributed by atoms with Crippen LogP contribution in [0.25, 0.3) is 0 Å². The van der Waals surface area contributed by atoms with Crippen molar-refractivity contribution >= 4 is 11.9 Å². The van der Waals surface area contributed by atoms with Crippen molar-refractivity contribution in [1.82, 2.24) is 4.90 Å². The normalized spacial score (nSPS) is 11.7. The van der Waals surface area contributed by atoms with E-state index in [1.165, 1.54) is 0 Å². The van der Waals surface area contributed by atoms with Crippen molar-refractivity contribution in [2.45, 2.75) is 13.1 Å². The van der Waals surface area contributed by atoms with Crippen LogP contribution in [0.4, 0.5) is 0 Å². The van der Waals surface area contributed by atoms with Crippen molar-refractivity contribution < 1.29 is 23.8 Å². The van der Waals surface area contributed by atoms with E-state index < -0.39 is 5.97 Å². The summed E-state index contributed by atoms with van der Waals surface area (Å²) in [5.41, 5.74) is 2.32. The Morgan fingerprint density at radius 1 is 0.800 bits per heavy atom. The summed E-state index contributed by atoms with van der Waals surface area (Å²) in [5, 5.41) is 0. The summed E-state index contributed by atoms with van der Waals surface area (Å²) in [6.07, 6.45) is 0. The van der Waals surface area contributed by atoms with Gasteiger partial charge < -0.3 is 19.1 Å². The quantitative estimate of drug-likeness (QED) is 0.562. The van der Waals surface area contributed by atoms with Crippen molar-refractivity contribution in [3.63, 3.8) is 0 Å². The molecule has 30 heavy (non-hydrogen) atoms. The molecule has 0 aliphatic carbocycles. The van der Waals surface area contributed by atoms with Crippen LogP contribution in [0.1, 0.15) is 21.5 Å². The minimum absolute atomic E-state index is 0.125. The highest BCUT2D eigenvalue weighted by molar-refractivity contribution is 5.92. The summed E-state index contributed by atoms with van der Waals surface area (Å²) in [6, 6.07) is 24.2. The summed E-state index contributed by atoms with van der Waals surface area (Å²) in [7, 11) is 0. The molecular formula is C24H21NO5. The molecule has 0 unspecified atom stereocenters. The molecule has 4 rings (SSSR count). The number of nitrogens with zero attached hydrogens (tertiary/aromatic N) is 1. The van der Waals surface area contributed by atoms with Crippen LogP contribution in [-0.4, -0.2) is 30.2 Å². The lowest BCUT2D eigenvalue weighted by Crippen LogP contribution is -2.33. The SMILES string of the molecule is O=C(OCC(=O)N(Cc1ccccc1)Cc1ccccc1)c1ccc2c(c1)OCO2. The van der Waals surface area contributed by atoms with Gasteiger partial charge in [0.1, 0.15) is 0 Å². The molecule has 0 fully saturated rings. The van der Waals surface area contributed by atoms with Crippen LogP contribution >= 0.6 is 0 Å². The van der Waals surface area contributed by atoms with Gasteiger partial charge in [0.25, 0.3) is 5.91 Å². The van der Waals surface area contributed by atoms with Gasteiger partial charge in [-0.25, -0.2) is 4.79 Å². The minimum atomic E-state index is -0.582. The molecule has 0 N–H and O–H groups in total. The molecule has 1 heterocycles. The Labute approximate surface area is 174 Å². The lowest BCUT2D eigenvalue weighted by Gasteiger charge is -2.23. The molecule has 0 aromatic heterocycles. The maximum absolute atomic E-state index is 12.9. The van der Waals surface area contributed by atoms with E-state index >= 15 is 0 Å². The Hall–Kier alpha value is -3.80. The zero-order valence-corrected chi connectivity index (χ0v) is 16.3. The van der Waals surface area contributed by atoms with Gasteiger partial charge in [-0.15, -0.1) is 0 Å². The molecule has 1 aliphatic rings. The first-order chi connectivity index (χ1) is 14.7. The molecule has 152 valence electrons. The van der Waals surface area contributed by atoms with Crippen molar-refractivity contribution in [3.8, 4) is 11.5 Å². The second-order valence-electron chi connectivity index (χ2n) is 6.87. The number of hydrogen-bond donors (Lipinski definition) is 0. The first-order valence-corrected chi connectivity index (χ1v) is 9.61. The third kappa shape index (κ3) is 4.78. The molecule has 0 radical (unpaired) electrons. The lowest BCUT2D eigenvalue weighted by molar-refractivity contribution is -0.135. The summed E-state index contributed by atoms with van der Waals surface area (Å²) in [5.74, 6) is 0.225. The van der Waals surface area contributed by atoms with Gasteiger partial charge in [-0.3, -0.25) is 4.79 Å². The Bertz CT molecular complexity index is 979. The van der Waals surface area contributed by atoms with E-state index in [4.69, 9.17) is 14.2 Å². The topological polar surface area (TPSA) is 65.1 Å². The fourth-order valence-corrected chi connectivity index (χ4v) is 3.17. The van der Waals surface area contributed by atoms with Crippen LogP contribution in [-0.2, 0) is 22.6 Å². The molecule has 0 saturated carbocycles. The molecule has 1 aliphatic heterocycles. The van der Waals surface area contributed by atoms with Gasteiger partial charge in [-0.1, -0.05) is 60.7 Å². The van der Waals surface area contributed by atoms with Gasteiger partial charge in [-0.2, -0.15) is 0 Å². The molecule has 0 atom stereocenters. The molecule has 6 nitrogen and oxygen atoms in total. The van der Waals surface area contributed by atoms with E-state index in [9.17, 15) is 9.59 Å². The first-order valence-electron chi connectivity index (χ1n) is 9.61. The molecule has 0 spiro atoms. The molecule has 3 aromatic rings. The van der Waals surface area contributed by atoms with Crippen LogP contribution < -0.4 is 9.47 Å². The van der Waals surface area contributed by atoms with E-state index in [1.54, 1.807) is 23.1 Å². The predicted octanol–water partition coefficient (Wildman–Crippen LogP) is 3.80. The summed E-state index contributed by atoms with van der Waals surface area (Å²) in [6.45, 7) is 0.638. The largest absolute Gasteiger partial charge is 0.454 e. The minimum Gasteiger partial charge on any atom is -0.454 e. The standard InChI is InChI=1S/C24H21NO5/c26-23(16-28-24(27)20-11-12-21-22(13-20)30-17-29-21)25(14-18-7-3-1-4-8-18)15-19-9-5-2-6-10-19/h1-13H,14-17H2. The summed E-state index contributed by atoms with van der Waals surface area (Å²) >= 11 is 0. The van der Waals surface area contributed by atoms with E-state index in [0.29, 0.717) is 30.2 Å².